The summed E-state index contributed by atoms with van der Waals surface area (Å²) >= 11 is 0. The summed E-state index contributed by atoms with van der Waals surface area (Å²) in [4.78, 5) is 64.9. The molecule has 8 aromatic rings. The number of aromatic amines is 1. The Bertz CT molecular complexity index is 5840. The number of nitriles is 2. The molecule has 11 aliphatic heterocycles. The molecule has 0 spiro atoms. The van der Waals surface area contributed by atoms with E-state index < -0.39 is 176 Å². The Kier molecular flexibility index (Phi) is 35.6. The number of imidazole rings is 3. The minimum Gasteiger partial charge on any atom is -0.476 e. The summed E-state index contributed by atoms with van der Waals surface area (Å²) in [5.41, 5.74) is 33.2. The number of aromatic nitrogens is 15. The molecule has 10 fully saturated rings. The Morgan fingerprint density at radius 1 is 0.594 bits per heavy atom. The van der Waals surface area contributed by atoms with Crippen molar-refractivity contribution in [1.82, 2.24) is 72.8 Å². The molecule has 0 amide bonds. The predicted octanol–water partition coefficient (Wildman–Crippen LogP) is -2.74. The third-order valence-electron chi connectivity index (χ3n) is 21.9. The van der Waals surface area contributed by atoms with E-state index in [1.807, 2.05) is 6.92 Å². The van der Waals surface area contributed by atoms with Crippen molar-refractivity contribution in [3.63, 3.8) is 0 Å². The third kappa shape index (κ3) is 19.7. The maximum atomic E-state index is 11.9. The fourth-order valence-electron chi connectivity index (χ4n) is 16.1. The molecule has 10 bridgehead atoms. The number of aliphatic hydroxyl groups excluding tert-OH is 4. The second-order valence-corrected chi connectivity index (χ2v) is 36.0. The maximum Gasteiger partial charge on any atom is 0.330 e. The Labute approximate surface area is 851 Å². The van der Waals surface area contributed by atoms with Gasteiger partial charge in [-0.15, -0.1) is 0 Å². The first-order chi connectivity index (χ1) is 58.7. The first kappa shape index (κ1) is 106. The molecule has 6 unspecified atom stereocenters. The van der Waals surface area contributed by atoms with Crippen LogP contribution in [0.2, 0.25) is 0 Å². The van der Waals surface area contributed by atoms with Gasteiger partial charge in [-0.05, 0) is 24.6 Å². The molecule has 19 heterocycles. The molecule has 128 heavy (non-hydrogen) atoms. The van der Waals surface area contributed by atoms with Gasteiger partial charge in [0.2, 0.25) is 29.0 Å². The van der Waals surface area contributed by atoms with Crippen LogP contribution in [-0.2, 0) is 268 Å². The fraction of sp³-hybridized carbons (Fsp3) is 0.594. The van der Waals surface area contributed by atoms with Crippen molar-refractivity contribution in [3.05, 3.63) is 104 Å². The van der Waals surface area contributed by atoms with E-state index in [2.05, 4.69) is 82.5 Å². The molecule has 0 aromatic carbocycles. The second kappa shape index (κ2) is 42.9. The van der Waals surface area contributed by atoms with Gasteiger partial charge in [-0.25, -0.2) is 48.9 Å². The number of azide groups is 1. The minimum absolute atomic E-state index is 0. The number of anilines is 3. The van der Waals surface area contributed by atoms with Crippen LogP contribution in [0.1, 0.15) is 49.0 Å². The van der Waals surface area contributed by atoms with Crippen molar-refractivity contribution in [2.24, 2.45) is 21.6 Å². The maximum absolute atomic E-state index is 11.9. The number of aliphatic hydroxyl groups is 4. The van der Waals surface area contributed by atoms with Crippen LogP contribution >= 0.6 is 40.1 Å². The topological polar surface area (TPSA) is 755 Å². The van der Waals surface area contributed by atoms with E-state index in [0.717, 1.165) is 4.57 Å². The zero-order chi connectivity index (χ0) is 87.8. The standard InChI is InChI=1S/C14H20N5O6P.C14H16N5O5P.C13H18N7O5P.C12H16N5O5P.C11H14N5O6P.5Y/c1-3-22-11-7-10(17-13(15)18-11)19(6-16-7)12-8-9(20)14(25-12,4-23-8)5-24-26(2)21;1-25(21)23-6-13-5-22-11(10(13)20)14(4-15,24-13)9-3-2-8-12(16)17-7-18-19(8)9;1-26(22)24-5-12-4-23-8(7(12)21)13(3-14,25-12)6-2-17-10-9(15)18-11(16)19-20(6)10;1-23(19)21-3-12-2-20-7(8(12)18)11(22-12)17-5-16-6-9(13)14-4-15-10(6)17;1-23(19)21-5-11-4-20-7(8(11)14-15-12)9(22-11)16-3-2-6(17)13-10(16)18;;;;;/h6,8-9,12,20,26H,3-5H2,1-2H3,(H2,15,17,18);2-3,7,10-11,20,25H,5-6H2,1H3,(H2,16,17,18);2,7-9,21,26H,4-5,15H2,1H3,(H3,16,18,19);4-5,7-8,11,18,23H,2-3H2,1H3,(H2,13,14,15);2-3,7-9,23H,4-5H2,1H3,(H,13,17,18);;;;;/t8-,9+,12-,14-;10-,11+,13+,14-;7-,8+,9?,12+,13-;7-,8+,11-,12-;7-,8+,9-,11-;;;;;/m10011...../s1. The van der Waals surface area contributed by atoms with Crippen LogP contribution in [0.25, 0.3) is 38.3 Å². The number of hydrogen-bond donors (Lipinski definition) is 11. The number of H-pyrrole nitrogens is 1. The van der Waals surface area contributed by atoms with Gasteiger partial charge in [0.05, 0.1) is 97.2 Å². The van der Waals surface area contributed by atoms with Crippen molar-refractivity contribution < 1.29 is 282 Å². The molecule has 677 valence electrons. The summed E-state index contributed by atoms with van der Waals surface area (Å²) in [5, 5.41) is 70.0. The predicted molar refractivity (Wildman–Crippen MR) is 420 cm³/mol. The number of nitrogen functional groups attached to an aromatic ring is 3. The van der Waals surface area contributed by atoms with Crippen LogP contribution in [0.4, 0.5) is 17.6 Å². The quantitative estimate of drug-likeness (QED) is 0.0134. The Morgan fingerprint density at radius 2 is 1.08 bits per heavy atom. The van der Waals surface area contributed by atoms with Crippen LogP contribution in [0.5, 0.6) is 5.88 Å². The van der Waals surface area contributed by atoms with Crippen molar-refractivity contribution in [2.45, 2.75) is 132 Å². The van der Waals surface area contributed by atoms with Crippen molar-refractivity contribution in [2.75, 3.05) is 129 Å². The zero-order valence-corrected chi connectivity index (χ0v) is 87.6. The van der Waals surface area contributed by atoms with Gasteiger partial charge in [-0.2, -0.15) is 25.6 Å². The molecule has 11 aliphatic rings. The van der Waals surface area contributed by atoms with Crippen LogP contribution in [0.15, 0.2) is 75.6 Å². The molecule has 16 N–H and O–H groups in total. The van der Waals surface area contributed by atoms with Gasteiger partial charge in [0, 0.05) is 214 Å². The molecule has 19 rings (SSSR count). The molecule has 0 saturated carbocycles. The van der Waals surface area contributed by atoms with Gasteiger partial charge in [0.15, 0.2) is 99.3 Å². The third-order valence-corrected chi connectivity index (χ3v) is 24.6. The summed E-state index contributed by atoms with van der Waals surface area (Å²) in [7, 11) is -11.0. The summed E-state index contributed by atoms with van der Waals surface area (Å²) in [6.07, 6.45) is -2.66. The van der Waals surface area contributed by atoms with Gasteiger partial charge >= 0.3 is 5.69 Å². The summed E-state index contributed by atoms with van der Waals surface area (Å²) < 4.78 is 153. The molecule has 5 radical (unpaired) electrons. The van der Waals surface area contributed by atoms with Crippen molar-refractivity contribution in [1.29, 1.82) is 10.5 Å². The molecule has 64 heteroatoms. The average molecular weight is 2260 g/mol. The number of fused-ring (bicyclic) bond motifs is 14. The number of nitrogens with one attached hydrogen (secondary N) is 2. The molecule has 54 nitrogen and oxygen atoms in total. The van der Waals surface area contributed by atoms with Gasteiger partial charge in [-0.3, -0.25) is 51.7 Å². The number of nitrogens with zero attached hydrogens (tertiary/aromatic N) is 20. The molecule has 8 aromatic heterocycles. The van der Waals surface area contributed by atoms with E-state index in [0.29, 0.717) is 46.0 Å². The second-order valence-electron chi connectivity index (χ2n) is 29.7. The number of aliphatic imine (C=N–C) groups is 1. The zero-order valence-electron chi connectivity index (χ0n) is 68.5. The number of ether oxygens (including phenoxy) is 11. The van der Waals surface area contributed by atoms with Crippen molar-refractivity contribution in [3.8, 4) is 18.0 Å². The normalized spacial score (nSPS) is 33.3. The molecular weight excluding hydrogens is 2180 g/mol. The fourth-order valence-corrected chi connectivity index (χ4v) is 18.3. The number of nitrogens with two attached hydrogens (primary N) is 5. The van der Waals surface area contributed by atoms with E-state index in [4.69, 9.17) is 109 Å². The molecule has 0 aliphatic carbocycles. The Balaban J connectivity index is 0.000000165. The molecular formula is C64H84N27O27P5Y5. The van der Waals surface area contributed by atoms with Crippen LogP contribution < -0.4 is 50.1 Å². The van der Waals surface area contributed by atoms with Crippen LogP contribution in [-0.4, -0.2) is 294 Å². The van der Waals surface area contributed by atoms with E-state index in [1.54, 1.807) is 21.3 Å². The van der Waals surface area contributed by atoms with Gasteiger partial charge in [0.1, 0.15) is 131 Å². The van der Waals surface area contributed by atoms with E-state index >= 15 is 0 Å². The largest absolute Gasteiger partial charge is 0.476 e. The minimum atomic E-state index is -2.26. The molecule has 26 atom stereocenters. The van der Waals surface area contributed by atoms with E-state index in [9.17, 15) is 63.4 Å². The number of rotatable bonds is 23. The summed E-state index contributed by atoms with van der Waals surface area (Å²) in [5.74, 6) is 1.21. The molecule has 10 saturated heterocycles. The smallest absolute Gasteiger partial charge is 0.330 e. The van der Waals surface area contributed by atoms with Gasteiger partial charge < -0.3 is 124 Å². The van der Waals surface area contributed by atoms with E-state index in [1.165, 1.54) is 86.3 Å². The first-order valence-electron chi connectivity index (χ1n) is 37.4. The van der Waals surface area contributed by atoms with Gasteiger partial charge in [0.25, 0.3) is 5.56 Å². The SMILES string of the molecule is CCOc1nc(N)nc2c1ncn2[C@@H]1O[C@@]2(CO[PH](C)=O)CO[C@@H]1[C@@H]2O.C[PH](=O)OC[C@@]12CO[C@@H]([C@H](n3ccc(=O)[nH]c3=O)O1)[C@@H]2N=[N+]=[N-].C[PH](=O)OC[C@@]12CO[C@@H]([C@H](n3cnc4c(N)ncnc43)O1)[C@@H]2O.C[PH](=O)OC[C@]12CO[C@H]([C@@H]1O)[C@](C#N)(c1ccc3c(N)ncnn13)O2.C[PH](=O)OC[C@]12CO[C@H]([C@@H]1O)[C@](C#N)(c1cnc3n1NC(N)=NC3N)O2.[Y].[Y].[Y].[Y].[Y]. The first-order valence-corrected chi connectivity index (χ1v) is 46.5. The Hall–Kier alpha value is -3.76. The monoisotopic (exact) mass is 2260 g/mol. The Morgan fingerprint density at radius 3 is 1.61 bits per heavy atom. The van der Waals surface area contributed by atoms with E-state index in [-0.39, 0.29) is 265 Å². The summed E-state index contributed by atoms with van der Waals surface area (Å²) in [6, 6.07) is 7.93. The van der Waals surface area contributed by atoms with Crippen molar-refractivity contribution >= 4 is 91.5 Å². The number of guanidine groups is 1. The number of hydrogen-bond acceptors (Lipinski definition) is 46. The van der Waals surface area contributed by atoms with Gasteiger partial charge in [-0.1, -0.05) is 5.11 Å². The summed E-state index contributed by atoms with van der Waals surface area (Å²) in [6.45, 7) is 9.53. The average Bonchev–Trinajstić information content (AvgIpc) is 1.53. The van der Waals surface area contributed by atoms with Crippen LogP contribution in [0, 0.1) is 22.7 Å². The van der Waals surface area contributed by atoms with Crippen LogP contribution in [0.3, 0.4) is 0 Å².